The van der Waals surface area contributed by atoms with E-state index in [4.69, 9.17) is 5.73 Å². The van der Waals surface area contributed by atoms with Crippen molar-refractivity contribution in [3.63, 3.8) is 0 Å². The maximum atomic E-state index is 13.2. The van der Waals surface area contributed by atoms with E-state index in [1.807, 2.05) is 11.8 Å². The van der Waals surface area contributed by atoms with Gasteiger partial charge in [-0.15, -0.1) is 0 Å². The molecule has 5 unspecified atom stereocenters. The summed E-state index contributed by atoms with van der Waals surface area (Å²) < 4.78 is 39.5. The second-order valence-corrected chi connectivity index (χ2v) is 8.55. The Kier molecular flexibility index (Phi) is 5.30. The van der Waals surface area contributed by atoms with Gasteiger partial charge in [0.1, 0.15) is 0 Å². The molecule has 1 aliphatic heterocycles. The lowest BCUT2D eigenvalue weighted by Gasteiger charge is -2.54. The van der Waals surface area contributed by atoms with Crippen molar-refractivity contribution in [3.05, 3.63) is 0 Å². The summed E-state index contributed by atoms with van der Waals surface area (Å²) >= 11 is 2.01. The number of rotatable bonds is 3. The molecule has 0 aromatic rings. The molecule has 3 rings (SSSR count). The SMILES string of the molecule is NCCCN1C2CCCCC2SC2CCC(C(F)(F)F)CC21. The smallest absolute Gasteiger partial charge is 0.330 e. The molecule has 1 saturated heterocycles. The first-order chi connectivity index (χ1) is 10.5. The van der Waals surface area contributed by atoms with Gasteiger partial charge >= 0.3 is 6.18 Å². The summed E-state index contributed by atoms with van der Waals surface area (Å²) in [5.74, 6) is -1.10. The highest BCUT2D eigenvalue weighted by molar-refractivity contribution is 8.00. The van der Waals surface area contributed by atoms with Crippen molar-refractivity contribution in [1.82, 2.24) is 4.90 Å². The molecule has 5 atom stereocenters. The highest BCUT2D eigenvalue weighted by Gasteiger charge is 2.51. The first kappa shape index (κ1) is 16.9. The van der Waals surface area contributed by atoms with Crippen LogP contribution in [0, 0.1) is 5.92 Å². The van der Waals surface area contributed by atoms with Gasteiger partial charge in [-0.3, -0.25) is 4.90 Å². The topological polar surface area (TPSA) is 29.3 Å². The number of alkyl halides is 3. The molecule has 3 aliphatic rings. The van der Waals surface area contributed by atoms with Crippen LogP contribution < -0.4 is 5.73 Å². The van der Waals surface area contributed by atoms with Gasteiger partial charge in [-0.25, -0.2) is 0 Å². The Morgan fingerprint density at radius 1 is 1.00 bits per heavy atom. The Labute approximate surface area is 135 Å². The summed E-state index contributed by atoms with van der Waals surface area (Å²) in [7, 11) is 0. The van der Waals surface area contributed by atoms with Crippen molar-refractivity contribution in [1.29, 1.82) is 0 Å². The number of thioether (sulfide) groups is 1. The fourth-order valence-corrected chi connectivity index (χ4v) is 6.56. The fraction of sp³-hybridized carbons (Fsp3) is 1.00. The zero-order valence-electron chi connectivity index (χ0n) is 13.0. The van der Waals surface area contributed by atoms with Crippen LogP contribution in [0.3, 0.4) is 0 Å². The molecule has 128 valence electrons. The van der Waals surface area contributed by atoms with Crippen molar-refractivity contribution in [2.75, 3.05) is 13.1 Å². The van der Waals surface area contributed by atoms with Gasteiger partial charge < -0.3 is 5.73 Å². The van der Waals surface area contributed by atoms with Crippen LogP contribution in [0.1, 0.15) is 51.4 Å². The normalized spacial score (nSPS) is 40.1. The van der Waals surface area contributed by atoms with Crippen LogP contribution in [0.5, 0.6) is 0 Å². The van der Waals surface area contributed by atoms with E-state index in [0.29, 0.717) is 35.9 Å². The molecule has 3 fully saturated rings. The summed E-state index contributed by atoms with van der Waals surface area (Å²) in [6.07, 6.45) is 3.11. The second kappa shape index (κ2) is 6.89. The lowest BCUT2D eigenvalue weighted by atomic mass is 9.81. The molecular weight excluding hydrogens is 309 g/mol. The van der Waals surface area contributed by atoms with Gasteiger partial charge in [-0.2, -0.15) is 24.9 Å². The molecular formula is C16H27F3N2S. The zero-order valence-corrected chi connectivity index (χ0v) is 13.8. The molecule has 2 N–H and O–H groups in total. The van der Waals surface area contributed by atoms with E-state index in [9.17, 15) is 13.2 Å². The van der Waals surface area contributed by atoms with E-state index in [1.54, 1.807) is 0 Å². The lowest BCUT2D eigenvalue weighted by molar-refractivity contribution is -0.187. The molecule has 0 radical (unpaired) electrons. The summed E-state index contributed by atoms with van der Waals surface area (Å²) in [5, 5.41) is 1.03. The fourth-order valence-electron chi connectivity index (χ4n) is 4.62. The van der Waals surface area contributed by atoms with E-state index in [1.165, 1.54) is 19.3 Å². The average Bonchev–Trinajstić information content (AvgIpc) is 2.50. The minimum atomic E-state index is -4.03. The number of hydrogen-bond acceptors (Lipinski definition) is 3. The van der Waals surface area contributed by atoms with Crippen molar-refractivity contribution in [3.8, 4) is 0 Å². The maximum Gasteiger partial charge on any atom is 0.391 e. The van der Waals surface area contributed by atoms with E-state index in [0.717, 1.165) is 25.8 Å². The second-order valence-electron chi connectivity index (χ2n) is 7.06. The van der Waals surface area contributed by atoms with Crippen molar-refractivity contribution < 1.29 is 13.2 Å². The molecule has 0 amide bonds. The molecule has 22 heavy (non-hydrogen) atoms. The maximum absolute atomic E-state index is 13.2. The van der Waals surface area contributed by atoms with Gasteiger partial charge in [0.05, 0.1) is 5.92 Å². The largest absolute Gasteiger partial charge is 0.391 e. The third-order valence-electron chi connectivity index (χ3n) is 5.71. The minimum Gasteiger partial charge on any atom is -0.330 e. The summed E-state index contributed by atoms with van der Waals surface area (Å²) in [6, 6.07) is 0.592. The number of fused-ring (bicyclic) bond motifs is 2. The Morgan fingerprint density at radius 3 is 2.45 bits per heavy atom. The van der Waals surface area contributed by atoms with Crippen LogP contribution in [0.25, 0.3) is 0 Å². The van der Waals surface area contributed by atoms with Crippen molar-refractivity contribution >= 4 is 11.8 Å². The van der Waals surface area contributed by atoms with Crippen LogP contribution in [-0.4, -0.2) is 46.7 Å². The van der Waals surface area contributed by atoms with Crippen LogP contribution in [0.4, 0.5) is 13.2 Å². The van der Waals surface area contributed by atoms with Gasteiger partial charge in [0.15, 0.2) is 0 Å². The van der Waals surface area contributed by atoms with Crippen molar-refractivity contribution in [2.45, 2.75) is 80.1 Å². The molecule has 6 heteroatoms. The van der Waals surface area contributed by atoms with Gasteiger partial charge in [-0.05, 0) is 45.1 Å². The average molecular weight is 336 g/mol. The van der Waals surface area contributed by atoms with E-state index < -0.39 is 12.1 Å². The summed E-state index contributed by atoms with van der Waals surface area (Å²) in [5.41, 5.74) is 5.67. The van der Waals surface area contributed by atoms with E-state index in [-0.39, 0.29) is 6.04 Å². The first-order valence-corrected chi connectivity index (χ1v) is 9.63. The highest BCUT2D eigenvalue weighted by atomic mass is 32.2. The molecule has 1 heterocycles. The number of hydrogen-bond donors (Lipinski definition) is 1. The lowest BCUT2D eigenvalue weighted by Crippen LogP contribution is -2.60. The molecule has 0 aromatic carbocycles. The third kappa shape index (κ3) is 3.44. The zero-order chi connectivity index (χ0) is 15.7. The number of halogens is 3. The Morgan fingerprint density at radius 2 is 1.73 bits per heavy atom. The highest BCUT2D eigenvalue weighted by Crippen LogP contribution is 2.49. The van der Waals surface area contributed by atoms with Gasteiger partial charge in [0.25, 0.3) is 0 Å². The predicted molar refractivity (Wildman–Crippen MR) is 85.0 cm³/mol. The van der Waals surface area contributed by atoms with Crippen LogP contribution in [-0.2, 0) is 0 Å². The quantitative estimate of drug-likeness (QED) is 0.850. The van der Waals surface area contributed by atoms with Crippen LogP contribution >= 0.6 is 11.8 Å². The third-order valence-corrected chi connectivity index (χ3v) is 7.51. The molecule has 0 aromatic heterocycles. The Bertz CT molecular complexity index is 377. The van der Waals surface area contributed by atoms with Crippen molar-refractivity contribution in [2.24, 2.45) is 11.7 Å². The van der Waals surface area contributed by atoms with Crippen LogP contribution in [0.15, 0.2) is 0 Å². The molecule has 2 aliphatic carbocycles. The van der Waals surface area contributed by atoms with E-state index >= 15 is 0 Å². The molecule has 2 nitrogen and oxygen atoms in total. The Balaban J connectivity index is 1.76. The Hall–Kier alpha value is 0.0600. The standard InChI is InChI=1S/C16H27F3N2S/c17-16(18,19)11-6-7-15-13(10-11)21(9-3-8-20)12-4-1-2-5-14(12)22-15/h11-15H,1-10,20H2. The predicted octanol–water partition coefficient (Wildman–Crippen LogP) is 3.79. The molecule has 0 spiro atoms. The number of nitrogens with two attached hydrogens (primary N) is 1. The van der Waals surface area contributed by atoms with Gasteiger partial charge in [0, 0.05) is 29.1 Å². The molecule has 0 bridgehead atoms. The summed E-state index contributed by atoms with van der Waals surface area (Å²) in [6.45, 7) is 1.51. The first-order valence-electron chi connectivity index (χ1n) is 8.68. The van der Waals surface area contributed by atoms with E-state index in [2.05, 4.69) is 4.90 Å². The van der Waals surface area contributed by atoms with Gasteiger partial charge in [-0.1, -0.05) is 12.8 Å². The summed E-state index contributed by atoms with van der Waals surface area (Å²) in [4.78, 5) is 2.44. The van der Waals surface area contributed by atoms with Crippen LogP contribution in [0.2, 0.25) is 0 Å². The molecule has 2 saturated carbocycles. The number of nitrogens with zero attached hydrogens (tertiary/aromatic N) is 1. The monoisotopic (exact) mass is 336 g/mol. The van der Waals surface area contributed by atoms with Gasteiger partial charge in [0.2, 0.25) is 0 Å². The minimum absolute atomic E-state index is 0.108.